The maximum absolute atomic E-state index is 12.4. The predicted octanol–water partition coefficient (Wildman–Crippen LogP) is 2.91. The largest absolute Gasteiger partial charge is 0.493 e. The molecule has 0 aliphatic rings. The van der Waals surface area contributed by atoms with Crippen LogP contribution in [-0.2, 0) is 11.3 Å². The van der Waals surface area contributed by atoms with Gasteiger partial charge in [0.2, 0.25) is 5.91 Å². The van der Waals surface area contributed by atoms with Crippen LogP contribution >= 0.6 is 0 Å². The summed E-state index contributed by atoms with van der Waals surface area (Å²) in [6.45, 7) is 7.11. The summed E-state index contributed by atoms with van der Waals surface area (Å²) in [7, 11) is 0. The fourth-order valence-electron chi connectivity index (χ4n) is 3.06. The van der Waals surface area contributed by atoms with E-state index in [0.29, 0.717) is 30.5 Å². The molecule has 0 aliphatic carbocycles. The summed E-state index contributed by atoms with van der Waals surface area (Å²) in [5.41, 5.74) is 3.92. The number of aryl methyl sites for hydroxylation is 2. The van der Waals surface area contributed by atoms with Crippen LogP contribution in [0.5, 0.6) is 5.75 Å². The molecule has 3 rings (SSSR count). The van der Waals surface area contributed by atoms with Gasteiger partial charge in [0.1, 0.15) is 12.3 Å². The van der Waals surface area contributed by atoms with Crippen LogP contribution in [-0.4, -0.2) is 28.6 Å². The second-order valence-corrected chi connectivity index (χ2v) is 6.95. The third kappa shape index (κ3) is 4.57. The van der Waals surface area contributed by atoms with Gasteiger partial charge in [0, 0.05) is 6.54 Å². The summed E-state index contributed by atoms with van der Waals surface area (Å²) in [5, 5.41) is 3.33. The van der Waals surface area contributed by atoms with Crippen molar-refractivity contribution < 1.29 is 9.53 Å². The number of aromatic nitrogens is 2. The third-order valence-electron chi connectivity index (χ3n) is 4.71. The zero-order valence-corrected chi connectivity index (χ0v) is 16.5. The zero-order valence-electron chi connectivity index (χ0n) is 16.5. The van der Waals surface area contributed by atoms with E-state index in [1.54, 1.807) is 18.2 Å². The molecular formula is C22H25N3O3. The molecule has 6 nitrogen and oxygen atoms in total. The number of fused-ring (bicyclic) bond motifs is 1. The fourth-order valence-corrected chi connectivity index (χ4v) is 3.06. The molecule has 0 aliphatic heterocycles. The lowest BCUT2D eigenvalue weighted by Crippen LogP contribution is -2.33. The molecule has 1 heterocycles. The molecule has 0 fully saturated rings. The van der Waals surface area contributed by atoms with E-state index < -0.39 is 0 Å². The van der Waals surface area contributed by atoms with Crippen LogP contribution in [0.15, 0.2) is 47.5 Å². The highest BCUT2D eigenvalue weighted by molar-refractivity contribution is 5.78. The van der Waals surface area contributed by atoms with E-state index >= 15 is 0 Å². The lowest BCUT2D eigenvalue weighted by atomic mass is 10.1. The molecule has 1 aromatic heterocycles. The second-order valence-electron chi connectivity index (χ2n) is 6.95. The van der Waals surface area contributed by atoms with E-state index in [9.17, 15) is 9.59 Å². The van der Waals surface area contributed by atoms with Gasteiger partial charge in [0.25, 0.3) is 5.56 Å². The molecule has 1 amide bonds. The van der Waals surface area contributed by atoms with Gasteiger partial charge in [-0.05, 0) is 62.1 Å². The Bertz CT molecular complexity index is 1060. The van der Waals surface area contributed by atoms with Crippen LogP contribution < -0.4 is 15.6 Å². The average Bonchev–Trinajstić information content (AvgIpc) is 2.67. The minimum absolute atomic E-state index is 0.0479. The Morgan fingerprint density at radius 1 is 1.18 bits per heavy atom. The quantitative estimate of drug-likeness (QED) is 0.641. The van der Waals surface area contributed by atoms with Gasteiger partial charge in [-0.15, -0.1) is 0 Å². The van der Waals surface area contributed by atoms with Gasteiger partial charge in [0.15, 0.2) is 0 Å². The minimum Gasteiger partial charge on any atom is -0.493 e. The van der Waals surface area contributed by atoms with Crippen molar-refractivity contribution in [2.24, 2.45) is 0 Å². The topological polar surface area (TPSA) is 73.2 Å². The molecule has 0 saturated heterocycles. The highest BCUT2D eigenvalue weighted by Gasteiger charge is 2.08. The van der Waals surface area contributed by atoms with Gasteiger partial charge >= 0.3 is 0 Å². The normalized spacial score (nSPS) is 10.8. The second kappa shape index (κ2) is 8.69. The Kier molecular flexibility index (Phi) is 6.09. The van der Waals surface area contributed by atoms with Crippen molar-refractivity contribution in [2.75, 3.05) is 13.2 Å². The van der Waals surface area contributed by atoms with Gasteiger partial charge in [-0.2, -0.15) is 0 Å². The Morgan fingerprint density at radius 2 is 1.96 bits per heavy atom. The first kappa shape index (κ1) is 19.6. The van der Waals surface area contributed by atoms with E-state index in [-0.39, 0.29) is 18.0 Å². The lowest BCUT2D eigenvalue weighted by molar-refractivity contribution is -0.121. The number of nitrogens with zero attached hydrogens (tertiary/aromatic N) is 2. The van der Waals surface area contributed by atoms with Crippen LogP contribution in [0.25, 0.3) is 10.9 Å². The van der Waals surface area contributed by atoms with E-state index in [1.165, 1.54) is 22.0 Å². The molecule has 0 bridgehead atoms. The SMILES string of the molecule is Cc1cc(C)c(C)c(OCCCNC(=O)Cn2cnc3ccccc3c2=O)c1. The Morgan fingerprint density at radius 3 is 2.79 bits per heavy atom. The number of benzene rings is 2. The van der Waals surface area contributed by atoms with Gasteiger partial charge in [-0.25, -0.2) is 4.98 Å². The Balaban J connectivity index is 1.48. The molecule has 0 radical (unpaired) electrons. The standard InChI is InChI=1S/C22H25N3O3/c1-15-11-16(2)17(3)20(12-15)28-10-6-9-23-21(26)13-25-14-24-19-8-5-4-7-18(19)22(25)27/h4-5,7-8,11-12,14H,6,9-10,13H2,1-3H3,(H,23,26). The molecule has 1 N–H and O–H groups in total. The van der Waals surface area contributed by atoms with Crippen molar-refractivity contribution in [1.82, 2.24) is 14.9 Å². The average molecular weight is 379 g/mol. The zero-order chi connectivity index (χ0) is 20.1. The van der Waals surface area contributed by atoms with Crippen molar-refractivity contribution >= 4 is 16.8 Å². The highest BCUT2D eigenvalue weighted by atomic mass is 16.5. The molecule has 6 heteroatoms. The predicted molar refractivity (Wildman–Crippen MR) is 110 cm³/mol. The summed E-state index contributed by atoms with van der Waals surface area (Å²) in [6, 6.07) is 11.3. The summed E-state index contributed by atoms with van der Waals surface area (Å²) < 4.78 is 7.18. The molecule has 0 saturated carbocycles. The molecule has 0 unspecified atom stereocenters. The number of hydrogen-bond donors (Lipinski definition) is 1. The van der Waals surface area contributed by atoms with Crippen LogP contribution in [0.2, 0.25) is 0 Å². The van der Waals surface area contributed by atoms with Gasteiger partial charge < -0.3 is 10.1 Å². The van der Waals surface area contributed by atoms with E-state index in [1.807, 2.05) is 26.0 Å². The molecule has 28 heavy (non-hydrogen) atoms. The maximum atomic E-state index is 12.4. The summed E-state index contributed by atoms with van der Waals surface area (Å²) in [4.78, 5) is 28.8. The van der Waals surface area contributed by atoms with Gasteiger partial charge in [-0.1, -0.05) is 18.2 Å². The number of nitrogens with one attached hydrogen (secondary N) is 1. The number of hydrogen-bond acceptors (Lipinski definition) is 4. The van der Waals surface area contributed by atoms with Crippen LogP contribution in [0.3, 0.4) is 0 Å². The smallest absolute Gasteiger partial charge is 0.261 e. The van der Waals surface area contributed by atoms with E-state index in [0.717, 1.165) is 11.3 Å². The van der Waals surface area contributed by atoms with E-state index in [4.69, 9.17) is 4.74 Å². The number of amides is 1. The lowest BCUT2D eigenvalue weighted by Gasteiger charge is -2.13. The number of ether oxygens (including phenoxy) is 1. The van der Waals surface area contributed by atoms with Crippen molar-refractivity contribution in [1.29, 1.82) is 0 Å². The molecule has 2 aromatic carbocycles. The number of carbonyl (C=O) groups is 1. The first-order chi connectivity index (χ1) is 13.5. The molecule has 3 aromatic rings. The van der Waals surface area contributed by atoms with Crippen molar-refractivity contribution in [3.63, 3.8) is 0 Å². The first-order valence-corrected chi connectivity index (χ1v) is 9.37. The van der Waals surface area contributed by atoms with Crippen molar-refractivity contribution in [3.05, 3.63) is 69.8 Å². The summed E-state index contributed by atoms with van der Waals surface area (Å²) in [5.74, 6) is 0.666. The monoisotopic (exact) mass is 379 g/mol. The van der Waals surface area contributed by atoms with Crippen molar-refractivity contribution in [3.8, 4) is 5.75 Å². The number of carbonyl (C=O) groups excluding carboxylic acids is 1. The molecule has 0 atom stereocenters. The molecule has 0 spiro atoms. The first-order valence-electron chi connectivity index (χ1n) is 9.37. The third-order valence-corrected chi connectivity index (χ3v) is 4.71. The number of rotatable bonds is 7. The van der Waals surface area contributed by atoms with E-state index in [2.05, 4.69) is 23.3 Å². The highest BCUT2D eigenvalue weighted by Crippen LogP contribution is 2.23. The minimum atomic E-state index is -0.221. The van der Waals surface area contributed by atoms with Crippen LogP contribution in [0.4, 0.5) is 0 Å². The fraction of sp³-hybridized carbons (Fsp3) is 0.318. The maximum Gasteiger partial charge on any atom is 0.261 e. The molecule has 146 valence electrons. The summed E-state index contributed by atoms with van der Waals surface area (Å²) in [6.07, 6.45) is 2.10. The van der Waals surface area contributed by atoms with Crippen LogP contribution in [0.1, 0.15) is 23.1 Å². The molecular weight excluding hydrogens is 354 g/mol. The van der Waals surface area contributed by atoms with Crippen molar-refractivity contribution in [2.45, 2.75) is 33.7 Å². The summed E-state index contributed by atoms with van der Waals surface area (Å²) >= 11 is 0. The van der Waals surface area contributed by atoms with Crippen LogP contribution in [0, 0.1) is 20.8 Å². The number of para-hydroxylation sites is 1. The Hall–Kier alpha value is -3.15. The Labute approximate surface area is 164 Å². The van der Waals surface area contributed by atoms with Gasteiger partial charge in [-0.3, -0.25) is 14.2 Å². The van der Waals surface area contributed by atoms with Gasteiger partial charge in [0.05, 0.1) is 23.8 Å².